The molecule has 0 fully saturated rings. The predicted molar refractivity (Wildman–Crippen MR) is 84.5 cm³/mol. The first kappa shape index (κ1) is 19.6. The van der Waals surface area contributed by atoms with Gasteiger partial charge in [0.2, 0.25) is 0 Å². The summed E-state index contributed by atoms with van der Waals surface area (Å²) in [5.74, 6) is -0.610. The number of hydrogen-bond donors (Lipinski definition) is 0. The van der Waals surface area contributed by atoms with Crippen molar-refractivity contribution in [2.45, 2.75) is 64.9 Å². The van der Waals surface area contributed by atoms with Crippen LogP contribution in [0, 0.1) is 0 Å². The standard InChI is InChI=1S/C14H27ClO4Si/c1-6-10-20-19-13(17-9-4)14(7-2,8-3)18-12(16)11(5)15/h13H,5-10,20H2,1-4H3. The van der Waals surface area contributed by atoms with Crippen molar-refractivity contribution in [1.82, 2.24) is 0 Å². The van der Waals surface area contributed by atoms with E-state index in [0.29, 0.717) is 19.4 Å². The third-order valence-corrected chi connectivity index (χ3v) is 4.92. The van der Waals surface area contributed by atoms with Crippen molar-refractivity contribution in [3.63, 3.8) is 0 Å². The van der Waals surface area contributed by atoms with Crippen LogP contribution in [0.15, 0.2) is 11.6 Å². The van der Waals surface area contributed by atoms with Crippen LogP contribution in [0.25, 0.3) is 0 Å². The van der Waals surface area contributed by atoms with Gasteiger partial charge in [-0.15, -0.1) is 0 Å². The second-order valence-corrected chi connectivity index (χ2v) is 6.48. The lowest BCUT2D eigenvalue weighted by atomic mass is 9.96. The van der Waals surface area contributed by atoms with Crippen molar-refractivity contribution in [1.29, 1.82) is 0 Å². The summed E-state index contributed by atoms with van der Waals surface area (Å²) in [6, 6.07) is 1.07. The molecule has 6 heteroatoms. The first-order chi connectivity index (χ1) is 9.47. The molecule has 0 heterocycles. The van der Waals surface area contributed by atoms with Crippen LogP contribution in [0.5, 0.6) is 0 Å². The summed E-state index contributed by atoms with van der Waals surface area (Å²) >= 11 is 5.61. The summed E-state index contributed by atoms with van der Waals surface area (Å²) in [6.45, 7) is 11.8. The molecule has 0 saturated heterocycles. The molecule has 118 valence electrons. The maximum Gasteiger partial charge on any atom is 0.349 e. The molecular formula is C14H27ClO4Si. The Hall–Kier alpha value is -0.363. The number of carbonyl (C=O) groups is 1. The molecule has 0 amide bonds. The molecule has 0 aliphatic carbocycles. The van der Waals surface area contributed by atoms with Gasteiger partial charge >= 0.3 is 5.97 Å². The van der Waals surface area contributed by atoms with Gasteiger partial charge in [-0.25, -0.2) is 4.79 Å². The van der Waals surface area contributed by atoms with E-state index < -0.39 is 27.6 Å². The summed E-state index contributed by atoms with van der Waals surface area (Å²) in [7, 11) is -0.680. The summed E-state index contributed by atoms with van der Waals surface area (Å²) in [5, 5.41) is -0.127. The van der Waals surface area contributed by atoms with E-state index in [2.05, 4.69) is 13.5 Å². The Bertz CT molecular complexity index is 306. The average Bonchev–Trinajstić information content (AvgIpc) is 2.44. The van der Waals surface area contributed by atoms with Crippen molar-refractivity contribution < 1.29 is 18.7 Å². The Morgan fingerprint density at radius 2 is 1.90 bits per heavy atom. The molecule has 0 bridgehead atoms. The Labute approximate surface area is 129 Å². The van der Waals surface area contributed by atoms with E-state index in [0.717, 1.165) is 12.5 Å². The Balaban J connectivity index is 5.01. The summed E-state index contributed by atoms with van der Waals surface area (Å²) in [4.78, 5) is 11.8. The van der Waals surface area contributed by atoms with Gasteiger partial charge in [0.15, 0.2) is 21.7 Å². The van der Waals surface area contributed by atoms with Crippen molar-refractivity contribution in [2.75, 3.05) is 6.61 Å². The first-order valence-electron chi connectivity index (χ1n) is 7.28. The van der Waals surface area contributed by atoms with E-state index in [1.807, 2.05) is 20.8 Å². The highest BCUT2D eigenvalue weighted by molar-refractivity contribution is 6.40. The summed E-state index contributed by atoms with van der Waals surface area (Å²) in [5.41, 5.74) is -0.800. The molecule has 20 heavy (non-hydrogen) atoms. The fourth-order valence-electron chi connectivity index (χ4n) is 1.85. The Morgan fingerprint density at radius 1 is 1.30 bits per heavy atom. The molecule has 1 atom stereocenters. The van der Waals surface area contributed by atoms with Crippen LogP contribution >= 0.6 is 11.6 Å². The quantitative estimate of drug-likeness (QED) is 0.193. The van der Waals surface area contributed by atoms with Crippen LogP contribution in [0.2, 0.25) is 6.04 Å². The van der Waals surface area contributed by atoms with Gasteiger partial charge in [0, 0.05) is 6.61 Å². The molecule has 4 nitrogen and oxygen atoms in total. The minimum atomic E-state index is -0.800. The second-order valence-electron chi connectivity index (χ2n) is 4.58. The SMILES string of the molecule is C=C(Cl)C(=O)OC(CC)(CC)C(OCC)O[SiH2]CCC. The number of esters is 1. The Morgan fingerprint density at radius 3 is 2.30 bits per heavy atom. The largest absolute Gasteiger partial charge is 0.449 e. The zero-order valence-electron chi connectivity index (χ0n) is 13.0. The molecule has 0 rings (SSSR count). The zero-order valence-corrected chi connectivity index (χ0v) is 15.2. The van der Waals surface area contributed by atoms with Gasteiger partial charge in [-0.3, -0.25) is 0 Å². The number of halogens is 1. The molecule has 0 aliphatic rings. The lowest BCUT2D eigenvalue weighted by molar-refractivity contribution is -0.219. The van der Waals surface area contributed by atoms with E-state index in [1.165, 1.54) is 0 Å². The highest BCUT2D eigenvalue weighted by Crippen LogP contribution is 2.29. The Kier molecular flexibility index (Phi) is 10.2. The van der Waals surface area contributed by atoms with Crippen LogP contribution in [-0.2, 0) is 18.7 Å². The lowest BCUT2D eigenvalue weighted by Gasteiger charge is -2.38. The monoisotopic (exact) mass is 322 g/mol. The van der Waals surface area contributed by atoms with E-state index in [-0.39, 0.29) is 5.03 Å². The minimum absolute atomic E-state index is 0.127. The molecule has 0 aliphatic heterocycles. The molecule has 0 aromatic rings. The lowest BCUT2D eigenvalue weighted by Crippen LogP contribution is -2.49. The van der Waals surface area contributed by atoms with Gasteiger partial charge in [-0.1, -0.05) is 45.4 Å². The minimum Gasteiger partial charge on any atom is -0.449 e. The number of ether oxygens (including phenoxy) is 2. The maximum absolute atomic E-state index is 11.8. The first-order valence-corrected chi connectivity index (χ1v) is 9.23. The topological polar surface area (TPSA) is 44.8 Å². The van der Waals surface area contributed by atoms with Gasteiger partial charge in [0.25, 0.3) is 0 Å². The highest BCUT2D eigenvalue weighted by atomic mass is 35.5. The highest BCUT2D eigenvalue weighted by Gasteiger charge is 2.41. The molecule has 1 unspecified atom stereocenters. The van der Waals surface area contributed by atoms with Gasteiger partial charge in [0.1, 0.15) is 5.03 Å². The van der Waals surface area contributed by atoms with Crippen molar-refractivity contribution in [3.8, 4) is 0 Å². The van der Waals surface area contributed by atoms with Gasteiger partial charge in [-0.05, 0) is 25.8 Å². The van der Waals surface area contributed by atoms with Crippen LogP contribution in [0.1, 0.15) is 47.0 Å². The molecule has 0 spiro atoms. The maximum atomic E-state index is 11.8. The molecule has 0 aromatic carbocycles. The fourth-order valence-corrected chi connectivity index (χ4v) is 2.96. The molecular weight excluding hydrogens is 296 g/mol. The van der Waals surface area contributed by atoms with Crippen molar-refractivity contribution in [3.05, 3.63) is 11.6 Å². The van der Waals surface area contributed by atoms with Crippen molar-refractivity contribution >= 4 is 27.3 Å². The average molecular weight is 323 g/mol. The third-order valence-electron chi connectivity index (χ3n) is 3.23. The number of rotatable bonds is 11. The summed E-state index contributed by atoms with van der Waals surface area (Å²) in [6.07, 6.45) is 1.77. The molecule has 0 radical (unpaired) electrons. The zero-order chi connectivity index (χ0) is 15.6. The van der Waals surface area contributed by atoms with E-state index in [1.54, 1.807) is 0 Å². The van der Waals surface area contributed by atoms with Crippen LogP contribution in [-0.4, -0.2) is 34.2 Å². The molecule has 0 saturated carbocycles. The van der Waals surface area contributed by atoms with Crippen molar-refractivity contribution in [2.24, 2.45) is 0 Å². The fraction of sp³-hybridized carbons (Fsp3) is 0.786. The van der Waals surface area contributed by atoms with Crippen LogP contribution < -0.4 is 0 Å². The molecule has 0 aromatic heterocycles. The van der Waals surface area contributed by atoms with Gasteiger partial charge in [-0.2, -0.15) is 0 Å². The third kappa shape index (κ3) is 5.95. The van der Waals surface area contributed by atoms with E-state index in [4.69, 9.17) is 25.5 Å². The summed E-state index contributed by atoms with van der Waals surface area (Å²) < 4.78 is 17.1. The van der Waals surface area contributed by atoms with E-state index >= 15 is 0 Å². The van der Waals surface area contributed by atoms with Crippen LogP contribution in [0.4, 0.5) is 0 Å². The number of carbonyl (C=O) groups excluding carboxylic acids is 1. The van der Waals surface area contributed by atoms with Gasteiger partial charge in [0.05, 0.1) is 0 Å². The number of hydrogen-bond acceptors (Lipinski definition) is 4. The smallest absolute Gasteiger partial charge is 0.349 e. The van der Waals surface area contributed by atoms with E-state index in [9.17, 15) is 4.79 Å². The van der Waals surface area contributed by atoms with Crippen LogP contribution in [0.3, 0.4) is 0 Å². The second kappa shape index (κ2) is 10.4. The van der Waals surface area contributed by atoms with Gasteiger partial charge < -0.3 is 13.9 Å². The molecule has 0 N–H and O–H groups in total. The normalized spacial score (nSPS) is 13.7. The predicted octanol–water partition coefficient (Wildman–Crippen LogP) is 3.13.